The summed E-state index contributed by atoms with van der Waals surface area (Å²) in [5, 5.41) is 4.88. The molecule has 0 aliphatic rings. The second kappa shape index (κ2) is 8.83. The predicted molar refractivity (Wildman–Crippen MR) is 106 cm³/mol. The lowest BCUT2D eigenvalue weighted by Gasteiger charge is -2.10. The smallest absolute Gasteiger partial charge is 0.233 e. The first-order valence-corrected chi connectivity index (χ1v) is 9.97. The average molecular weight is 369 g/mol. The quantitative estimate of drug-likeness (QED) is 0.617. The summed E-state index contributed by atoms with van der Waals surface area (Å²) >= 11 is 3.09. The van der Waals surface area contributed by atoms with Crippen LogP contribution in [0.5, 0.6) is 0 Å². The standard InChI is InChI=1S/C20H20N2OS2/c1-15(19(23)21-13-12-16-8-4-2-5-9-16)25-20-22-18(14-24-20)17-10-6-3-7-11-17/h2-11,14-15H,12-13H2,1H3,(H,21,23). The van der Waals surface area contributed by atoms with E-state index in [1.807, 2.05) is 60.8 Å². The first-order chi connectivity index (χ1) is 12.2. The Bertz CT molecular complexity index is 803. The summed E-state index contributed by atoms with van der Waals surface area (Å²) in [6.45, 7) is 2.58. The van der Waals surface area contributed by atoms with E-state index in [1.54, 1.807) is 11.3 Å². The Morgan fingerprint density at radius 2 is 1.80 bits per heavy atom. The maximum Gasteiger partial charge on any atom is 0.233 e. The largest absolute Gasteiger partial charge is 0.355 e. The minimum Gasteiger partial charge on any atom is -0.355 e. The van der Waals surface area contributed by atoms with Gasteiger partial charge in [-0.25, -0.2) is 4.98 Å². The van der Waals surface area contributed by atoms with Crippen LogP contribution in [0.25, 0.3) is 11.3 Å². The van der Waals surface area contributed by atoms with Gasteiger partial charge in [-0.2, -0.15) is 0 Å². The fraction of sp³-hybridized carbons (Fsp3) is 0.200. The van der Waals surface area contributed by atoms with Gasteiger partial charge in [0, 0.05) is 17.5 Å². The molecule has 3 nitrogen and oxygen atoms in total. The van der Waals surface area contributed by atoms with Gasteiger partial charge >= 0.3 is 0 Å². The molecule has 0 aliphatic carbocycles. The minimum atomic E-state index is -0.162. The van der Waals surface area contributed by atoms with Gasteiger partial charge in [-0.05, 0) is 18.9 Å². The number of aromatic nitrogens is 1. The Hall–Kier alpha value is -2.11. The van der Waals surface area contributed by atoms with Crippen molar-refractivity contribution in [3.05, 3.63) is 71.6 Å². The summed E-state index contributed by atoms with van der Waals surface area (Å²) in [5.74, 6) is 0.0531. The zero-order valence-corrected chi connectivity index (χ0v) is 15.6. The van der Waals surface area contributed by atoms with E-state index in [0.717, 1.165) is 22.0 Å². The first-order valence-electron chi connectivity index (χ1n) is 8.21. The fourth-order valence-corrected chi connectivity index (χ4v) is 4.37. The van der Waals surface area contributed by atoms with E-state index in [0.29, 0.717) is 6.54 Å². The molecule has 1 unspecified atom stereocenters. The van der Waals surface area contributed by atoms with Gasteiger partial charge in [-0.1, -0.05) is 72.4 Å². The van der Waals surface area contributed by atoms with Crippen LogP contribution in [0.3, 0.4) is 0 Å². The third-order valence-corrected chi connectivity index (χ3v) is 5.83. The van der Waals surface area contributed by atoms with Crippen LogP contribution in [0.1, 0.15) is 12.5 Å². The number of rotatable bonds is 7. The maximum absolute atomic E-state index is 12.3. The lowest BCUT2D eigenvalue weighted by atomic mass is 10.1. The molecule has 1 amide bonds. The van der Waals surface area contributed by atoms with Crippen LogP contribution in [-0.4, -0.2) is 22.7 Å². The Morgan fingerprint density at radius 3 is 2.52 bits per heavy atom. The second-order valence-electron chi connectivity index (χ2n) is 5.65. The third kappa shape index (κ3) is 5.18. The van der Waals surface area contributed by atoms with Gasteiger partial charge in [0.2, 0.25) is 5.91 Å². The van der Waals surface area contributed by atoms with Crippen LogP contribution < -0.4 is 5.32 Å². The molecule has 0 saturated heterocycles. The zero-order chi connectivity index (χ0) is 17.5. The van der Waals surface area contributed by atoms with Crippen LogP contribution >= 0.6 is 23.1 Å². The Balaban J connectivity index is 1.49. The van der Waals surface area contributed by atoms with E-state index in [9.17, 15) is 4.79 Å². The van der Waals surface area contributed by atoms with Crippen molar-refractivity contribution in [3.8, 4) is 11.3 Å². The van der Waals surface area contributed by atoms with Crippen LogP contribution in [0.4, 0.5) is 0 Å². The molecule has 0 fully saturated rings. The molecule has 0 radical (unpaired) electrons. The maximum atomic E-state index is 12.3. The molecule has 0 spiro atoms. The van der Waals surface area contributed by atoms with Gasteiger partial charge in [0.25, 0.3) is 0 Å². The molecule has 1 atom stereocenters. The van der Waals surface area contributed by atoms with E-state index in [1.165, 1.54) is 17.3 Å². The van der Waals surface area contributed by atoms with Gasteiger partial charge in [0.1, 0.15) is 0 Å². The normalized spacial score (nSPS) is 11.9. The number of benzene rings is 2. The number of nitrogens with one attached hydrogen (secondary N) is 1. The number of nitrogens with zero attached hydrogens (tertiary/aromatic N) is 1. The van der Waals surface area contributed by atoms with Crippen molar-refractivity contribution >= 4 is 29.0 Å². The number of carbonyl (C=O) groups excluding carboxylic acids is 1. The summed E-state index contributed by atoms with van der Waals surface area (Å²) in [6, 6.07) is 20.3. The van der Waals surface area contributed by atoms with Gasteiger partial charge in [0.05, 0.1) is 10.9 Å². The summed E-state index contributed by atoms with van der Waals surface area (Å²) in [7, 11) is 0. The summed E-state index contributed by atoms with van der Waals surface area (Å²) in [6.07, 6.45) is 0.847. The number of carbonyl (C=O) groups is 1. The molecule has 3 rings (SSSR count). The van der Waals surface area contributed by atoms with Crippen molar-refractivity contribution in [2.45, 2.75) is 22.9 Å². The minimum absolute atomic E-state index is 0.0531. The number of thiazole rings is 1. The molecule has 2 aromatic carbocycles. The molecule has 0 bridgehead atoms. The average Bonchev–Trinajstić information content (AvgIpc) is 3.12. The first kappa shape index (κ1) is 17.7. The monoisotopic (exact) mass is 368 g/mol. The van der Waals surface area contributed by atoms with Crippen LogP contribution in [0, 0.1) is 0 Å². The Kier molecular flexibility index (Phi) is 6.25. The fourth-order valence-electron chi connectivity index (χ4n) is 2.38. The topological polar surface area (TPSA) is 42.0 Å². The van der Waals surface area contributed by atoms with Crippen LogP contribution in [-0.2, 0) is 11.2 Å². The molecular weight excluding hydrogens is 348 g/mol. The summed E-state index contributed by atoms with van der Waals surface area (Å²) < 4.78 is 0.921. The second-order valence-corrected chi connectivity index (χ2v) is 8.10. The van der Waals surface area contributed by atoms with Gasteiger partial charge in [-0.3, -0.25) is 4.79 Å². The van der Waals surface area contributed by atoms with Crippen molar-refractivity contribution in [2.24, 2.45) is 0 Å². The van der Waals surface area contributed by atoms with Crippen molar-refractivity contribution in [1.29, 1.82) is 0 Å². The SMILES string of the molecule is CC(Sc1nc(-c2ccccc2)cs1)C(=O)NCCc1ccccc1. The number of amides is 1. The zero-order valence-electron chi connectivity index (χ0n) is 14.0. The number of hydrogen-bond acceptors (Lipinski definition) is 4. The molecule has 25 heavy (non-hydrogen) atoms. The van der Waals surface area contributed by atoms with E-state index in [2.05, 4.69) is 22.4 Å². The highest BCUT2D eigenvalue weighted by molar-refractivity contribution is 8.02. The highest BCUT2D eigenvalue weighted by Gasteiger charge is 2.16. The van der Waals surface area contributed by atoms with Crippen molar-refractivity contribution in [2.75, 3.05) is 6.54 Å². The van der Waals surface area contributed by atoms with Crippen LogP contribution in [0.15, 0.2) is 70.4 Å². The number of hydrogen-bond donors (Lipinski definition) is 1. The summed E-state index contributed by atoms with van der Waals surface area (Å²) in [4.78, 5) is 16.9. The van der Waals surface area contributed by atoms with Crippen molar-refractivity contribution in [1.82, 2.24) is 10.3 Å². The van der Waals surface area contributed by atoms with Gasteiger partial charge < -0.3 is 5.32 Å². The molecule has 1 N–H and O–H groups in total. The Morgan fingerprint density at radius 1 is 1.12 bits per heavy atom. The molecular formula is C20H20N2OS2. The Labute approximate surface area is 156 Å². The highest BCUT2D eigenvalue weighted by atomic mass is 32.2. The van der Waals surface area contributed by atoms with E-state index in [-0.39, 0.29) is 11.2 Å². The lowest BCUT2D eigenvalue weighted by molar-refractivity contribution is -0.120. The molecule has 128 valence electrons. The van der Waals surface area contributed by atoms with Crippen LogP contribution in [0.2, 0.25) is 0 Å². The molecule has 1 aromatic heterocycles. The van der Waals surface area contributed by atoms with Gasteiger partial charge in [-0.15, -0.1) is 11.3 Å². The predicted octanol–water partition coefficient (Wildman–Crippen LogP) is 4.65. The van der Waals surface area contributed by atoms with E-state index < -0.39 is 0 Å². The highest BCUT2D eigenvalue weighted by Crippen LogP contribution is 2.30. The third-order valence-electron chi connectivity index (χ3n) is 3.76. The lowest BCUT2D eigenvalue weighted by Crippen LogP contribution is -2.32. The molecule has 3 aromatic rings. The molecule has 0 saturated carbocycles. The molecule has 0 aliphatic heterocycles. The van der Waals surface area contributed by atoms with E-state index >= 15 is 0 Å². The van der Waals surface area contributed by atoms with E-state index in [4.69, 9.17) is 0 Å². The van der Waals surface area contributed by atoms with Gasteiger partial charge in [0.15, 0.2) is 4.34 Å². The van der Waals surface area contributed by atoms with Crippen molar-refractivity contribution < 1.29 is 4.79 Å². The molecule has 5 heteroatoms. The molecule has 1 heterocycles. The van der Waals surface area contributed by atoms with Crippen molar-refractivity contribution in [3.63, 3.8) is 0 Å². The summed E-state index contributed by atoms with van der Waals surface area (Å²) in [5.41, 5.74) is 3.30. The number of thioether (sulfide) groups is 1.